The predicted molar refractivity (Wildman–Crippen MR) is 107 cm³/mol. The van der Waals surface area contributed by atoms with E-state index < -0.39 is 15.8 Å². The molecule has 1 atom stereocenters. The number of rotatable bonds is 6. The Labute approximate surface area is 167 Å². The van der Waals surface area contributed by atoms with Crippen LogP contribution in [0.4, 0.5) is 4.39 Å². The van der Waals surface area contributed by atoms with Gasteiger partial charge in [-0.1, -0.05) is 32.1 Å². The molecule has 3 rings (SSSR count). The largest absolute Gasteiger partial charge is 0.356 e. The summed E-state index contributed by atoms with van der Waals surface area (Å²) >= 11 is 0. The van der Waals surface area contributed by atoms with Crippen LogP contribution in [0.5, 0.6) is 0 Å². The molecule has 7 heteroatoms. The third-order valence-electron chi connectivity index (χ3n) is 6.00. The maximum absolute atomic E-state index is 13.1. The van der Waals surface area contributed by atoms with Crippen LogP contribution in [0.2, 0.25) is 0 Å². The van der Waals surface area contributed by atoms with Crippen LogP contribution < -0.4 is 5.32 Å². The van der Waals surface area contributed by atoms with E-state index in [1.165, 1.54) is 47.8 Å². The number of hydrogen-bond donors (Lipinski definition) is 1. The normalized spacial score (nSPS) is 22.5. The lowest BCUT2D eigenvalue weighted by Gasteiger charge is -2.25. The van der Waals surface area contributed by atoms with Gasteiger partial charge in [0.05, 0.1) is 4.90 Å². The lowest BCUT2D eigenvalue weighted by Crippen LogP contribution is -2.39. The van der Waals surface area contributed by atoms with Crippen molar-refractivity contribution in [1.29, 1.82) is 0 Å². The molecule has 1 heterocycles. The number of nitrogens with one attached hydrogen (secondary N) is 1. The zero-order valence-electron chi connectivity index (χ0n) is 16.4. The third-order valence-corrected chi connectivity index (χ3v) is 7.96. The fourth-order valence-corrected chi connectivity index (χ4v) is 6.10. The predicted octanol–water partition coefficient (Wildman–Crippen LogP) is 3.85. The van der Waals surface area contributed by atoms with Crippen LogP contribution >= 0.6 is 0 Å². The lowest BCUT2D eigenvalue weighted by atomic mass is 9.90. The lowest BCUT2D eigenvalue weighted by molar-refractivity contribution is -0.125. The first kappa shape index (κ1) is 21.2. The second-order valence-corrected chi connectivity index (χ2v) is 9.88. The van der Waals surface area contributed by atoms with Gasteiger partial charge in [-0.05, 0) is 56.4 Å². The number of sulfonamides is 1. The molecule has 0 spiro atoms. The van der Waals surface area contributed by atoms with Crippen molar-refractivity contribution < 1.29 is 17.6 Å². The van der Waals surface area contributed by atoms with E-state index in [9.17, 15) is 17.6 Å². The summed E-state index contributed by atoms with van der Waals surface area (Å²) < 4.78 is 40.4. The van der Waals surface area contributed by atoms with Gasteiger partial charge in [0.2, 0.25) is 15.9 Å². The second-order valence-electron chi connectivity index (χ2n) is 7.99. The van der Waals surface area contributed by atoms with Crippen molar-refractivity contribution in [2.75, 3.05) is 13.1 Å². The van der Waals surface area contributed by atoms with Gasteiger partial charge in [0.1, 0.15) is 5.82 Å². The van der Waals surface area contributed by atoms with Crippen LogP contribution in [0.3, 0.4) is 0 Å². The van der Waals surface area contributed by atoms with Gasteiger partial charge in [0.15, 0.2) is 0 Å². The Kier molecular flexibility index (Phi) is 7.46. The summed E-state index contributed by atoms with van der Waals surface area (Å²) in [7, 11) is -3.63. The monoisotopic (exact) mass is 410 g/mol. The molecule has 1 aromatic rings. The van der Waals surface area contributed by atoms with Gasteiger partial charge in [-0.25, -0.2) is 12.8 Å². The Morgan fingerprint density at radius 3 is 2.32 bits per heavy atom. The average molecular weight is 411 g/mol. The number of carbonyl (C=O) groups excluding carboxylic acids is 1. The molecule has 28 heavy (non-hydrogen) atoms. The maximum Gasteiger partial charge on any atom is 0.243 e. The first-order chi connectivity index (χ1) is 13.5. The number of carbonyl (C=O) groups is 1. The van der Waals surface area contributed by atoms with Gasteiger partial charge < -0.3 is 5.32 Å². The number of nitrogens with zero attached hydrogens (tertiary/aromatic N) is 1. The number of halogens is 1. The highest BCUT2D eigenvalue weighted by atomic mass is 32.2. The minimum absolute atomic E-state index is 0.0999. The summed E-state index contributed by atoms with van der Waals surface area (Å²) in [6, 6.07) is 4.86. The molecule has 2 fully saturated rings. The molecule has 156 valence electrons. The van der Waals surface area contributed by atoms with Crippen LogP contribution in [-0.2, 0) is 14.8 Å². The van der Waals surface area contributed by atoms with Crippen molar-refractivity contribution >= 4 is 15.9 Å². The van der Waals surface area contributed by atoms with Gasteiger partial charge in [0, 0.05) is 25.0 Å². The molecule has 1 saturated carbocycles. The minimum Gasteiger partial charge on any atom is -0.356 e. The zero-order chi connectivity index (χ0) is 20.0. The van der Waals surface area contributed by atoms with Crippen molar-refractivity contribution in [3.05, 3.63) is 30.1 Å². The number of amides is 1. The first-order valence-electron chi connectivity index (χ1n) is 10.5. The molecular weight excluding hydrogens is 379 g/mol. The molecule has 0 radical (unpaired) electrons. The van der Waals surface area contributed by atoms with Crippen LogP contribution in [0.15, 0.2) is 29.2 Å². The number of benzene rings is 1. The van der Waals surface area contributed by atoms with E-state index in [-0.39, 0.29) is 22.8 Å². The summed E-state index contributed by atoms with van der Waals surface area (Å²) in [6.07, 6.45) is 10.0. The van der Waals surface area contributed by atoms with E-state index in [2.05, 4.69) is 5.32 Å². The van der Waals surface area contributed by atoms with Crippen LogP contribution in [0, 0.1) is 11.7 Å². The summed E-state index contributed by atoms with van der Waals surface area (Å²) in [5.74, 6) is -0.232. The molecule has 1 amide bonds. The highest BCUT2D eigenvalue weighted by Gasteiger charge is 2.35. The zero-order valence-corrected chi connectivity index (χ0v) is 17.2. The summed E-state index contributed by atoms with van der Waals surface area (Å²) in [5, 5.41) is 3.04. The Hall–Kier alpha value is -1.47. The molecule has 2 aliphatic rings. The van der Waals surface area contributed by atoms with E-state index in [4.69, 9.17) is 0 Å². The Bertz CT molecular complexity index is 743. The molecule has 1 aliphatic carbocycles. The Morgan fingerprint density at radius 1 is 1.00 bits per heavy atom. The molecule has 1 unspecified atom stereocenters. The Balaban J connectivity index is 1.53. The minimum atomic E-state index is -3.63. The maximum atomic E-state index is 13.1. The topological polar surface area (TPSA) is 66.5 Å². The first-order valence-corrected chi connectivity index (χ1v) is 12.0. The van der Waals surface area contributed by atoms with Gasteiger partial charge in [-0.15, -0.1) is 0 Å². The SMILES string of the molecule is O=C(NCCC1CCCN1S(=O)(=O)c1ccc(F)cc1)C1CCCCCCC1. The van der Waals surface area contributed by atoms with E-state index >= 15 is 0 Å². The van der Waals surface area contributed by atoms with Gasteiger partial charge in [0.25, 0.3) is 0 Å². The highest BCUT2D eigenvalue weighted by molar-refractivity contribution is 7.89. The van der Waals surface area contributed by atoms with Crippen molar-refractivity contribution in [1.82, 2.24) is 9.62 Å². The average Bonchev–Trinajstić information content (AvgIpc) is 3.11. The van der Waals surface area contributed by atoms with Crippen molar-refractivity contribution in [2.45, 2.75) is 75.1 Å². The van der Waals surface area contributed by atoms with Crippen molar-refractivity contribution in [3.63, 3.8) is 0 Å². The van der Waals surface area contributed by atoms with Crippen molar-refractivity contribution in [2.24, 2.45) is 5.92 Å². The molecule has 1 aliphatic heterocycles. The van der Waals surface area contributed by atoms with Gasteiger partial charge in [-0.3, -0.25) is 4.79 Å². The van der Waals surface area contributed by atoms with E-state index in [1.807, 2.05) is 0 Å². The third kappa shape index (κ3) is 5.32. The highest BCUT2D eigenvalue weighted by Crippen LogP contribution is 2.28. The molecule has 1 N–H and O–H groups in total. The molecule has 0 bridgehead atoms. The number of hydrogen-bond acceptors (Lipinski definition) is 3. The van der Waals surface area contributed by atoms with Crippen LogP contribution in [0.25, 0.3) is 0 Å². The van der Waals surface area contributed by atoms with Crippen LogP contribution in [-0.4, -0.2) is 37.8 Å². The van der Waals surface area contributed by atoms with Crippen LogP contribution in [0.1, 0.15) is 64.2 Å². The standard InChI is InChI=1S/C21H31FN2O3S/c22-18-10-12-20(13-11-18)28(26,27)24-16-6-9-19(24)14-15-23-21(25)17-7-4-2-1-3-5-8-17/h10-13,17,19H,1-9,14-16H2,(H,23,25). The Morgan fingerprint density at radius 2 is 1.64 bits per heavy atom. The molecular formula is C21H31FN2O3S. The molecule has 1 aromatic carbocycles. The molecule has 1 saturated heterocycles. The van der Waals surface area contributed by atoms with Gasteiger partial charge in [-0.2, -0.15) is 4.31 Å². The van der Waals surface area contributed by atoms with E-state index in [0.29, 0.717) is 19.5 Å². The fourth-order valence-electron chi connectivity index (χ4n) is 4.38. The fraction of sp³-hybridized carbons (Fsp3) is 0.667. The summed E-state index contributed by atoms with van der Waals surface area (Å²) in [6.45, 7) is 0.969. The molecule has 5 nitrogen and oxygen atoms in total. The van der Waals surface area contributed by atoms with Gasteiger partial charge >= 0.3 is 0 Å². The quantitative estimate of drug-likeness (QED) is 0.775. The molecule has 0 aromatic heterocycles. The summed E-state index contributed by atoms with van der Waals surface area (Å²) in [4.78, 5) is 12.6. The second kappa shape index (κ2) is 9.83. The smallest absolute Gasteiger partial charge is 0.243 e. The van der Waals surface area contributed by atoms with E-state index in [0.717, 1.165) is 38.5 Å². The van der Waals surface area contributed by atoms with Crippen molar-refractivity contribution in [3.8, 4) is 0 Å². The summed E-state index contributed by atoms with van der Waals surface area (Å²) in [5.41, 5.74) is 0. The van der Waals surface area contributed by atoms with E-state index in [1.54, 1.807) is 0 Å².